The number of fused-ring (bicyclic) bond motifs is 15. The second kappa shape index (κ2) is 13.4. The molecule has 0 N–H and O–H groups in total. The summed E-state index contributed by atoms with van der Waals surface area (Å²) in [5, 5.41) is 14.5. The molecule has 0 aliphatic rings. The van der Waals surface area contributed by atoms with Crippen molar-refractivity contribution in [1.29, 1.82) is 0 Å². The molecule has 0 unspecified atom stereocenters. The monoisotopic (exact) mass is 815 g/mol. The van der Waals surface area contributed by atoms with Gasteiger partial charge < -0.3 is 18.5 Å². The Morgan fingerprint density at radius 1 is 0.297 bits per heavy atom. The van der Waals surface area contributed by atoms with Gasteiger partial charge in [-0.2, -0.15) is 0 Å². The molecule has 3 heterocycles. The minimum atomic E-state index is 0.869. The Hall–Kier alpha value is -8.60. The van der Waals surface area contributed by atoms with Gasteiger partial charge in [0.15, 0.2) is 0 Å². The molecule has 0 bridgehead atoms. The second-order valence-electron chi connectivity index (χ2n) is 16.8. The van der Waals surface area contributed by atoms with E-state index in [4.69, 9.17) is 4.42 Å². The topological polar surface area (TPSA) is 26.2 Å². The highest BCUT2D eigenvalue weighted by Crippen LogP contribution is 2.48. The first kappa shape index (κ1) is 35.0. The van der Waals surface area contributed by atoms with Gasteiger partial charge in [-0.3, -0.25) is 0 Å². The molecule has 0 spiro atoms. The third-order valence-electron chi connectivity index (χ3n) is 13.4. The molecule has 0 saturated carbocycles. The summed E-state index contributed by atoms with van der Waals surface area (Å²) in [7, 11) is 0. The molecule has 0 amide bonds. The lowest BCUT2D eigenvalue weighted by Gasteiger charge is -2.28. The zero-order chi connectivity index (χ0) is 41.9. The van der Waals surface area contributed by atoms with Crippen molar-refractivity contribution in [1.82, 2.24) is 9.13 Å². The summed E-state index contributed by atoms with van der Waals surface area (Å²) in [6.07, 6.45) is 0. The van der Waals surface area contributed by atoms with Crippen LogP contribution in [0.15, 0.2) is 229 Å². The van der Waals surface area contributed by atoms with Crippen LogP contribution in [0.5, 0.6) is 0 Å². The fourth-order valence-corrected chi connectivity index (χ4v) is 10.8. The van der Waals surface area contributed by atoms with Gasteiger partial charge in [0.25, 0.3) is 0 Å². The summed E-state index contributed by atoms with van der Waals surface area (Å²) in [4.78, 5) is 2.47. The van der Waals surface area contributed by atoms with E-state index in [2.05, 4.69) is 232 Å². The van der Waals surface area contributed by atoms with Gasteiger partial charge in [0, 0.05) is 49.4 Å². The van der Waals surface area contributed by atoms with E-state index in [-0.39, 0.29) is 0 Å². The summed E-state index contributed by atoms with van der Waals surface area (Å²) in [5.41, 5.74) is 11.8. The fraction of sp³-hybridized carbons (Fsp3) is 0. The van der Waals surface area contributed by atoms with Crippen molar-refractivity contribution in [2.75, 3.05) is 4.90 Å². The summed E-state index contributed by atoms with van der Waals surface area (Å²) in [6, 6.07) is 81.7. The van der Waals surface area contributed by atoms with Crippen molar-refractivity contribution in [2.45, 2.75) is 0 Å². The Balaban J connectivity index is 1.13. The van der Waals surface area contributed by atoms with E-state index in [1.54, 1.807) is 0 Å². The van der Waals surface area contributed by atoms with Crippen molar-refractivity contribution in [3.8, 4) is 11.4 Å². The Bertz CT molecular complexity index is 4170. The molecule has 0 aliphatic heterocycles. The molecule has 0 saturated heterocycles. The number of hydrogen-bond donors (Lipinski definition) is 0. The maximum atomic E-state index is 6.42. The summed E-state index contributed by atoms with van der Waals surface area (Å²) >= 11 is 0. The van der Waals surface area contributed by atoms with E-state index in [1.807, 2.05) is 6.07 Å². The molecule has 0 atom stereocenters. The van der Waals surface area contributed by atoms with Gasteiger partial charge in [-0.05, 0) is 105 Å². The van der Waals surface area contributed by atoms with Crippen LogP contribution in [0.4, 0.5) is 17.1 Å². The van der Waals surface area contributed by atoms with Gasteiger partial charge in [0.05, 0.1) is 33.4 Å². The van der Waals surface area contributed by atoms with Crippen LogP contribution in [-0.2, 0) is 0 Å². The molecule has 0 aliphatic carbocycles. The minimum Gasteiger partial charge on any atom is -0.456 e. The molecule has 4 heteroatoms. The smallest absolute Gasteiger partial charge is 0.135 e. The molecule has 64 heavy (non-hydrogen) atoms. The van der Waals surface area contributed by atoms with Crippen molar-refractivity contribution in [2.24, 2.45) is 0 Å². The standard InChI is InChI=1S/C60H37N3O/c1-2-16-38(17-3-1)62-53-27-11-8-22-46(53)49-25-15-30-56(59(49)62)63-54-28-12-9-23-47(54)50-26-14-29-55(60(50)63)61(40-33-35-58-52(37-40)48-24-10-13-31-57(48)64-58)39-32-34-45-43-20-5-4-18-41(43)42-19-6-7-21-44(42)51(45)36-39/h1-37H. The third-order valence-corrected chi connectivity index (χ3v) is 13.4. The molecule has 4 nitrogen and oxygen atoms in total. The number of furan rings is 1. The summed E-state index contributed by atoms with van der Waals surface area (Å²) in [5.74, 6) is 0. The average Bonchev–Trinajstić information content (AvgIpc) is 4.03. The molecule has 298 valence electrons. The van der Waals surface area contributed by atoms with Crippen LogP contribution in [0.2, 0.25) is 0 Å². The minimum absolute atomic E-state index is 0.869. The van der Waals surface area contributed by atoms with E-state index in [0.29, 0.717) is 0 Å². The lowest BCUT2D eigenvalue weighted by molar-refractivity contribution is 0.669. The van der Waals surface area contributed by atoms with Gasteiger partial charge in [-0.25, -0.2) is 0 Å². The van der Waals surface area contributed by atoms with Crippen molar-refractivity contribution >= 4 is 115 Å². The normalized spacial score (nSPS) is 12.1. The quantitative estimate of drug-likeness (QED) is 0.162. The predicted molar refractivity (Wildman–Crippen MR) is 270 cm³/mol. The van der Waals surface area contributed by atoms with E-state index >= 15 is 0 Å². The van der Waals surface area contributed by atoms with E-state index < -0.39 is 0 Å². The molecular weight excluding hydrogens is 779 g/mol. The number of benzene rings is 11. The number of anilines is 3. The van der Waals surface area contributed by atoms with Crippen LogP contribution in [0, 0.1) is 0 Å². The molecule has 0 radical (unpaired) electrons. The van der Waals surface area contributed by atoms with Gasteiger partial charge in [-0.1, -0.05) is 152 Å². The maximum absolute atomic E-state index is 6.42. The second-order valence-corrected chi connectivity index (χ2v) is 16.8. The Morgan fingerprint density at radius 3 is 1.48 bits per heavy atom. The first-order chi connectivity index (χ1) is 31.8. The molecule has 3 aromatic heterocycles. The van der Waals surface area contributed by atoms with Crippen LogP contribution in [-0.4, -0.2) is 9.13 Å². The zero-order valence-corrected chi connectivity index (χ0v) is 34.6. The first-order valence-corrected chi connectivity index (χ1v) is 21.9. The van der Waals surface area contributed by atoms with E-state index in [0.717, 1.165) is 66.9 Å². The molecule has 11 aromatic carbocycles. The average molecular weight is 816 g/mol. The first-order valence-electron chi connectivity index (χ1n) is 21.9. The van der Waals surface area contributed by atoms with Crippen molar-refractivity contribution in [3.05, 3.63) is 224 Å². The fourth-order valence-electron chi connectivity index (χ4n) is 10.8. The highest BCUT2D eigenvalue weighted by Gasteiger charge is 2.25. The number of rotatable bonds is 5. The lowest BCUT2D eigenvalue weighted by atomic mass is 9.94. The SMILES string of the molecule is c1ccc(-n2c3ccccc3c3cccc(-n4c5ccccc5c5cccc(N(c6ccc7oc8ccccc8c7c6)c6ccc7c8ccccc8c8ccccc8c7c6)c54)c32)cc1. The summed E-state index contributed by atoms with van der Waals surface area (Å²) in [6.45, 7) is 0. The van der Waals surface area contributed by atoms with Gasteiger partial charge >= 0.3 is 0 Å². The Labute approximate surface area is 367 Å². The number of aromatic nitrogens is 2. The number of hydrogen-bond acceptors (Lipinski definition) is 2. The predicted octanol–water partition coefficient (Wildman–Crippen LogP) is 16.7. The number of nitrogens with zero attached hydrogens (tertiary/aromatic N) is 3. The lowest BCUT2D eigenvalue weighted by Crippen LogP contribution is -2.12. The number of para-hydroxylation sites is 6. The third kappa shape index (κ3) is 4.93. The van der Waals surface area contributed by atoms with Crippen LogP contribution >= 0.6 is 0 Å². The summed E-state index contributed by atoms with van der Waals surface area (Å²) < 4.78 is 11.4. The molecule has 0 fully saturated rings. The Kier molecular flexibility index (Phi) is 7.36. The van der Waals surface area contributed by atoms with Gasteiger partial charge in [0.2, 0.25) is 0 Å². The van der Waals surface area contributed by atoms with Crippen LogP contribution in [0.1, 0.15) is 0 Å². The van der Waals surface area contributed by atoms with Crippen LogP contribution < -0.4 is 4.90 Å². The van der Waals surface area contributed by atoms with Crippen molar-refractivity contribution in [3.63, 3.8) is 0 Å². The van der Waals surface area contributed by atoms with Crippen molar-refractivity contribution < 1.29 is 4.42 Å². The van der Waals surface area contributed by atoms with Gasteiger partial charge in [0.1, 0.15) is 11.2 Å². The van der Waals surface area contributed by atoms with E-state index in [1.165, 1.54) is 59.4 Å². The van der Waals surface area contributed by atoms with Crippen LogP contribution in [0.3, 0.4) is 0 Å². The molecule has 14 aromatic rings. The van der Waals surface area contributed by atoms with Gasteiger partial charge in [-0.15, -0.1) is 0 Å². The molecular formula is C60H37N3O. The van der Waals surface area contributed by atoms with Crippen LogP contribution in [0.25, 0.3) is 109 Å². The zero-order valence-electron chi connectivity index (χ0n) is 34.6. The Morgan fingerprint density at radius 2 is 0.781 bits per heavy atom. The maximum Gasteiger partial charge on any atom is 0.135 e. The highest BCUT2D eigenvalue weighted by atomic mass is 16.3. The molecule has 14 rings (SSSR count). The highest BCUT2D eigenvalue weighted by molar-refractivity contribution is 6.26. The van der Waals surface area contributed by atoms with E-state index in [9.17, 15) is 0 Å². The largest absolute Gasteiger partial charge is 0.456 e.